The highest BCUT2D eigenvalue weighted by Gasteiger charge is 2.10. The van der Waals surface area contributed by atoms with Crippen molar-refractivity contribution in [3.8, 4) is 12.3 Å². The quantitative estimate of drug-likeness (QED) is 0.586. The Morgan fingerprint density at radius 3 is 2.29 bits per heavy atom. The van der Waals surface area contributed by atoms with Crippen molar-refractivity contribution in [1.29, 1.82) is 0 Å². The van der Waals surface area contributed by atoms with Crippen molar-refractivity contribution in [2.45, 2.75) is 71.4 Å². The minimum absolute atomic E-state index is 0.279. The maximum Gasteiger partial charge on any atom is 0.0688 e. The number of unbranched alkanes of at least 4 members (excludes halogenated alkanes) is 1. The van der Waals surface area contributed by atoms with Crippen LogP contribution in [0.3, 0.4) is 0 Å². The standard InChI is InChI=1S/C13H25N/c1-5-9-11-13(8-4)14-12(7-3)10-6-2/h3,12-14H,5-6,8-11H2,1-2,4H3. The van der Waals surface area contributed by atoms with Crippen LogP contribution in [0, 0.1) is 12.3 Å². The van der Waals surface area contributed by atoms with E-state index in [4.69, 9.17) is 6.42 Å². The minimum Gasteiger partial charge on any atom is -0.301 e. The van der Waals surface area contributed by atoms with E-state index in [1.807, 2.05) is 0 Å². The molecule has 0 aliphatic rings. The zero-order chi connectivity index (χ0) is 10.8. The molecule has 0 aliphatic heterocycles. The molecule has 1 nitrogen and oxygen atoms in total. The lowest BCUT2D eigenvalue weighted by atomic mass is 10.0. The summed E-state index contributed by atoms with van der Waals surface area (Å²) < 4.78 is 0. The predicted octanol–water partition coefficient (Wildman–Crippen LogP) is 3.35. The van der Waals surface area contributed by atoms with Gasteiger partial charge < -0.3 is 5.32 Å². The topological polar surface area (TPSA) is 12.0 Å². The van der Waals surface area contributed by atoms with Crippen molar-refractivity contribution in [3.05, 3.63) is 0 Å². The Bertz CT molecular complexity index is 157. The second kappa shape index (κ2) is 9.09. The van der Waals surface area contributed by atoms with E-state index in [1.54, 1.807) is 0 Å². The fourth-order valence-electron chi connectivity index (χ4n) is 1.64. The van der Waals surface area contributed by atoms with Crippen LogP contribution in [0.5, 0.6) is 0 Å². The molecule has 82 valence electrons. The molecule has 0 bridgehead atoms. The molecule has 14 heavy (non-hydrogen) atoms. The first-order valence-electron chi connectivity index (χ1n) is 6.00. The Labute approximate surface area is 89.7 Å². The van der Waals surface area contributed by atoms with Crippen LogP contribution in [0.15, 0.2) is 0 Å². The van der Waals surface area contributed by atoms with Gasteiger partial charge in [0, 0.05) is 6.04 Å². The molecule has 0 spiro atoms. The van der Waals surface area contributed by atoms with Crippen LogP contribution in [0.25, 0.3) is 0 Å². The van der Waals surface area contributed by atoms with Gasteiger partial charge in [-0.15, -0.1) is 6.42 Å². The molecule has 2 atom stereocenters. The van der Waals surface area contributed by atoms with Crippen LogP contribution >= 0.6 is 0 Å². The lowest BCUT2D eigenvalue weighted by Gasteiger charge is -2.21. The smallest absolute Gasteiger partial charge is 0.0688 e. The summed E-state index contributed by atoms with van der Waals surface area (Å²) in [4.78, 5) is 0. The van der Waals surface area contributed by atoms with Gasteiger partial charge in [-0.2, -0.15) is 0 Å². The highest BCUT2D eigenvalue weighted by atomic mass is 14.9. The van der Waals surface area contributed by atoms with Crippen molar-refractivity contribution in [2.24, 2.45) is 0 Å². The van der Waals surface area contributed by atoms with Crippen LogP contribution in [0.2, 0.25) is 0 Å². The van der Waals surface area contributed by atoms with E-state index in [9.17, 15) is 0 Å². The summed E-state index contributed by atoms with van der Waals surface area (Å²) in [5, 5.41) is 3.55. The molecular formula is C13H25N. The number of nitrogens with one attached hydrogen (secondary N) is 1. The maximum absolute atomic E-state index is 5.48. The third-order valence-corrected chi connectivity index (χ3v) is 2.61. The minimum atomic E-state index is 0.279. The van der Waals surface area contributed by atoms with Gasteiger partial charge >= 0.3 is 0 Å². The van der Waals surface area contributed by atoms with Gasteiger partial charge in [0.15, 0.2) is 0 Å². The van der Waals surface area contributed by atoms with Crippen LogP contribution in [0.1, 0.15) is 59.3 Å². The highest BCUT2D eigenvalue weighted by molar-refractivity contribution is 4.99. The molecule has 2 unspecified atom stereocenters. The summed E-state index contributed by atoms with van der Waals surface area (Å²) >= 11 is 0. The zero-order valence-corrected chi connectivity index (χ0v) is 9.97. The second-order valence-corrected chi connectivity index (χ2v) is 3.92. The third-order valence-electron chi connectivity index (χ3n) is 2.61. The first kappa shape index (κ1) is 13.5. The van der Waals surface area contributed by atoms with Crippen molar-refractivity contribution in [3.63, 3.8) is 0 Å². The fraction of sp³-hybridized carbons (Fsp3) is 0.846. The summed E-state index contributed by atoms with van der Waals surface area (Å²) in [6.45, 7) is 6.64. The average Bonchev–Trinajstić information content (AvgIpc) is 2.22. The van der Waals surface area contributed by atoms with Gasteiger partial charge in [-0.25, -0.2) is 0 Å². The molecule has 0 aliphatic carbocycles. The Kier molecular flexibility index (Phi) is 8.78. The normalized spacial score (nSPS) is 14.7. The summed E-state index contributed by atoms with van der Waals surface area (Å²) in [6, 6.07) is 0.893. The van der Waals surface area contributed by atoms with Gasteiger partial charge in [-0.1, -0.05) is 46.0 Å². The van der Waals surface area contributed by atoms with E-state index < -0.39 is 0 Å². The molecule has 1 heteroatoms. The van der Waals surface area contributed by atoms with E-state index >= 15 is 0 Å². The lowest BCUT2D eigenvalue weighted by Crippen LogP contribution is -2.37. The van der Waals surface area contributed by atoms with E-state index in [1.165, 1.54) is 25.7 Å². The number of hydrogen-bond donors (Lipinski definition) is 1. The molecule has 0 radical (unpaired) electrons. The highest BCUT2D eigenvalue weighted by Crippen LogP contribution is 2.06. The van der Waals surface area contributed by atoms with Crippen molar-refractivity contribution in [1.82, 2.24) is 5.32 Å². The summed E-state index contributed by atoms with van der Waals surface area (Å²) in [7, 11) is 0. The van der Waals surface area contributed by atoms with Crippen molar-refractivity contribution in [2.75, 3.05) is 0 Å². The molecule has 0 fully saturated rings. The zero-order valence-electron chi connectivity index (χ0n) is 9.97. The van der Waals surface area contributed by atoms with Gasteiger partial charge in [0.25, 0.3) is 0 Å². The Hall–Kier alpha value is -0.480. The first-order chi connectivity index (χ1) is 6.78. The van der Waals surface area contributed by atoms with Gasteiger partial charge in [-0.3, -0.25) is 0 Å². The molecule has 0 aromatic rings. The fourth-order valence-corrected chi connectivity index (χ4v) is 1.64. The third kappa shape index (κ3) is 6.05. The summed E-state index contributed by atoms with van der Waals surface area (Å²) in [6.07, 6.45) is 12.7. The van der Waals surface area contributed by atoms with Crippen molar-refractivity contribution >= 4 is 0 Å². The molecule has 0 heterocycles. The van der Waals surface area contributed by atoms with Crippen LogP contribution in [-0.2, 0) is 0 Å². The average molecular weight is 195 g/mol. The second-order valence-electron chi connectivity index (χ2n) is 3.92. The number of rotatable bonds is 8. The van der Waals surface area contributed by atoms with Crippen LogP contribution in [0.4, 0.5) is 0 Å². The van der Waals surface area contributed by atoms with Crippen molar-refractivity contribution < 1.29 is 0 Å². The Morgan fingerprint density at radius 2 is 1.86 bits per heavy atom. The molecular weight excluding hydrogens is 170 g/mol. The molecule has 0 amide bonds. The monoisotopic (exact) mass is 195 g/mol. The predicted molar refractivity (Wildman–Crippen MR) is 64.3 cm³/mol. The molecule has 0 aromatic carbocycles. The van der Waals surface area contributed by atoms with E-state index in [0.717, 1.165) is 12.8 Å². The lowest BCUT2D eigenvalue weighted by molar-refractivity contribution is 0.415. The molecule has 1 N–H and O–H groups in total. The summed E-state index contributed by atoms with van der Waals surface area (Å²) in [5.41, 5.74) is 0. The van der Waals surface area contributed by atoms with Gasteiger partial charge in [0.2, 0.25) is 0 Å². The Morgan fingerprint density at radius 1 is 1.14 bits per heavy atom. The van der Waals surface area contributed by atoms with E-state index in [-0.39, 0.29) is 6.04 Å². The number of terminal acetylenes is 1. The molecule has 0 rings (SSSR count). The SMILES string of the molecule is C#CC(CCC)NC(CC)CCCC. The van der Waals surface area contributed by atoms with E-state index in [2.05, 4.69) is 32.0 Å². The molecule has 0 saturated carbocycles. The van der Waals surface area contributed by atoms with E-state index in [0.29, 0.717) is 6.04 Å². The van der Waals surface area contributed by atoms with Gasteiger partial charge in [-0.05, 0) is 19.3 Å². The van der Waals surface area contributed by atoms with Gasteiger partial charge in [0.1, 0.15) is 0 Å². The van der Waals surface area contributed by atoms with Gasteiger partial charge in [0.05, 0.1) is 6.04 Å². The summed E-state index contributed by atoms with van der Waals surface area (Å²) in [5.74, 6) is 2.83. The van der Waals surface area contributed by atoms with Crippen LogP contribution in [-0.4, -0.2) is 12.1 Å². The van der Waals surface area contributed by atoms with Crippen LogP contribution < -0.4 is 5.32 Å². The maximum atomic E-state index is 5.48. The molecule has 0 aromatic heterocycles. The first-order valence-corrected chi connectivity index (χ1v) is 6.00. The Balaban J connectivity index is 3.82. The molecule has 0 saturated heterocycles. The largest absolute Gasteiger partial charge is 0.301 e. The number of hydrogen-bond acceptors (Lipinski definition) is 1.